The highest BCUT2D eigenvalue weighted by Crippen LogP contribution is 2.32. The zero-order chi connectivity index (χ0) is 26.3. The van der Waals surface area contributed by atoms with Gasteiger partial charge in [0, 0.05) is 58.6 Å². The number of piperidine rings is 1. The second-order valence-corrected chi connectivity index (χ2v) is 10.8. The molecule has 1 N–H and O–H groups in total. The molecule has 2 aromatic rings. The Balaban J connectivity index is 1.10. The quantitative estimate of drug-likeness (QED) is 0.379. The van der Waals surface area contributed by atoms with E-state index in [1.165, 1.54) is 12.0 Å². The van der Waals surface area contributed by atoms with Crippen LogP contribution in [0.3, 0.4) is 0 Å². The van der Waals surface area contributed by atoms with Crippen LogP contribution in [-0.2, 0) is 31.9 Å². The van der Waals surface area contributed by atoms with Crippen molar-refractivity contribution >= 4 is 17.7 Å². The van der Waals surface area contributed by atoms with E-state index in [1.54, 1.807) is 7.11 Å². The molecule has 0 spiro atoms. The van der Waals surface area contributed by atoms with Crippen molar-refractivity contribution in [1.82, 2.24) is 14.8 Å². The van der Waals surface area contributed by atoms with E-state index >= 15 is 0 Å². The van der Waals surface area contributed by atoms with E-state index in [9.17, 15) is 9.59 Å². The molecule has 0 saturated carbocycles. The van der Waals surface area contributed by atoms with E-state index in [2.05, 4.69) is 22.3 Å². The fraction of sp³-hybridized carbons (Fsp3) is 0.567. The zero-order valence-corrected chi connectivity index (χ0v) is 22.4. The highest BCUT2D eigenvalue weighted by Gasteiger charge is 2.42. The SMILES string of the molecule is COCCCOC(=O)C(c1ccccc1)N1CC(C(=O)N2CCC(Cc3ccc4c(n3)NCCC4)CC2)C1. The molecule has 1 aromatic carbocycles. The number of likely N-dealkylation sites (tertiary alicyclic amines) is 2. The highest BCUT2D eigenvalue weighted by molar-refractivity contribution is 5.82. The average molecular weight is 521 g/mol. The summed E-state index contributed by atoms with van der Waals surface area (Å²) in [5, 5.41) is 3.43. The minimum absolute atomic E-state index is 0.0626. The lowest BCUT2D eigenvalue weighted by Crippen LogP contribution is -2.57. The van der Waals surface area contributed by atoms with Gasteiger partial charge in [0.1, 0.15) is 11.9 Å². The maximum Gasteiger partial charge on any atom is 0.328 e. The van der Waals surface area contributed by atoms with E-state index in [4.69, 9.17) is 14.5 Å². The number of rotatable bonds is 10. The minimum Gasteiger partial charge on any atom is -0.464 e. The molecular weight excluding hydrogens is 480 g/mol. The number of anilines is 1. The predicted octanol–water partition coefficient (Wildman–Crippen LogP) is 3.47. The average Bonchev–Trinajstić information content (AvgIpc) is 2.93. The van der Waals surface area contributed by atoms with Crippen LogP contribution in [0, 0.1) is 11.8 Å². The number of carbonyl (C=O) groups excluding carboxylic acids is 2. The van der Waals surface area contributed by atoms with Crippen molar-refractivity contribution in [3.63, 3.8) is 0 Å². The van der Waals surface area contributed by atoms with Crippen molar-refractivity contribution in [3.05, 3.63) is 59.3 Å². The number of nitrogens with one attached hydrogen (secondary N) is 1. The number of esters is 1. The first-order chi connectivity index (χ1) is 18.6. The Kier molecular flexibility index (Phi) is 8.91. The molecule has 1 aromatic heterocycles. The summed E-state index contributed by atoms with van der Waals surface area (Å²) in [6.45, 7) is 4.65. The Morgan fingerprint density at radius 3 is 2.63 bits per heavy atom. The Morgan fingerprint density at radius 2 is 1.87 bits per heavy atom. The van der Waals surface area contributed by atoms with Crippen LogP contribution >= 0.6 is 0 Å². The van der Waals surface area contributed by atoms with Crippen LogP contribution in [-0.4, -0.2) is 79.7 Å². The van der Waals surface area contributed by atoms with Crippen molar-refractivity contribution in [1.29, 1.82) is 0 Å². The first-order valence-corrected chi connectivity index (χ1v) is 14.1. The number of hydrogen-bond donors (Lipinski definition) is 1. The largest absolute Gasteiger partial charge is 0.464 e. The van der Waals surface area contributed by atoms with Gasteiger partial charge in [-0.3, -0.25) is 9.69 Å². The fourth-order valence-corrected chi connectivity index (χ4v) is 5.86. The van der Waals surface area contributed by atoms with Gasteiger partial charge in [-0.1, -0.05) is 36.4 Å². The summed E-state index contributed by atoms with van der Waals surface area (Å²) in [7, 11) is 1.64. The monoisotopic (exact) mass is 520 g/mol. The highest BCUT2D eigenvalue weighted by atomic mass is 16.5. The Hall–Kier alpha value is -2.97. The molecule has 0 radical (unpaired) electrons. The van der Waals surface area contributed by atoms with Crippen molar-refractivity contribution in [2.75, 3.05) is 58.4 Å². The van der Waals surface area contributed by atoms with Crippen LogP contribution < -0.4 is 5.32 Å². The summed E-state index contributed by atoms with van der Waals surface area (Å²) in [5.74, 6) is 1.51. The topological polar surface area (TPSA) is 84.0 Å². The van der Waals surface area contributed by atoms with Gasteiger partial charge in [0.2, 0.25) is 5.91 Å². The molecule has 0 bridgehead atoms. The number of hydrogen-bond acceptors (Lipinski definition) is 7. The number of pyridine rings is 1. The van der Waals surface area contributed by atoms with Crippen molar-refractivity contribution in [3.8, 4) is 0 Å². The Bertz CT molecular complexity index is 1080. The third-order valence-corrected chi connectivity index (χ3v) is 8.08. The number of carbonyl (C=O) groups is 2. The summed E-state index contributed by atoms with van der Waals surface area (Å²) < 4.78 is 10.6. The molecular formula is C30H40N4O4. The first kappa shape index (κ1) is 26.6. The number of benzene rings is 1. The van der Waals surface area contributed by atoms with Gasteiger partial charge >= 0.3 is 5.97 Å². The van der Waals surface area contributed by atoms with Gasteiger partial charge in [0.05, 0.1) is 12.5 Å². The molecule has 1 atom stereocenters. The third kappa shape index (κ3) is 6.35. The normalized spacial score (nSPS) is 19.2. The Labute approximate surface area is 225 Å². The number of methoxy groups -OCH3 is 1. The molecule has 5 rings (SSSR count). The van der Waals surface area contributed by atoms with Gasteiger partial charge in [-0.2, -0.15) is 0 Å². The van der Waals surface area contributed by atoms with E-state index in [-0.39, 0.29) is 17.8 Å². The molecule has 4 heterocycles. The lowest BCUT2D eigenvalue weighted by Gasteiger charge is -2.45. The predicted molar refractivity (Wildman–Crippen MR) is 146 cm³/mol. The molecule has 204 valence electrons. The molecule has 2 fully saturated rings. The number of ether oxygens (including phenoxy) is 2. The van der Waals surface area contributed by atoms with Crippen LogP contribution in [0.1, 0.15) is 48.5 Å². The van der Waals surface area contributed by atoms with Crippen LogP contribution in [0.5, 0.6) is 0 Å². The van der Waals surface area contributed by atoms with E-state index in [1.807, 2.05) is 35.2 Å². The third-order valence-electron chi connectivity index (χ3n) is 8.08. The van der Waals surface area contributed by atoms with Gasteiger partial charge in [-0.15, -0.1) is 0 Å². The first-order valence-electron chi connectivity index (χ1n) is 14.1. The van der Waals surface area contributed by atoms with Crippen LogP contribution in [0.2, 0.25) is 0 Å². The van der Waals surface area contributed by atoms with Crippen LogP contribution in [0.25, 0.3) is 0 Å². The van der Waals surface area contributed by atoms with E-state index in [0.29, 0.717) is 38.6 Å². The van der Waals surface area contributed by atoms with Crippen molar-refractivity contribution in [2.24, 2.45) is 11.8 Å². The minimum atomic E-state index is -0.480. The summed E-state index contributed by atoms with van der Waals surface area (Å²) in [5.41, 5.74) is 3.38. The number of amides is 1. The molecule has 1 unspecified atom stereocenters. The zero-order valence-electron chi connectivity index (χ0n) is 22.4. The number of fused-ring (bicyclic) bond motifs is 1. The number of aromatic nitrogens is 1. The fourth-order valence-electron chi connectivity index (χ4n) is 5.86. The standard InChI is InChI=1S/C30H40N4O4/c1-37-17-6-18-38-30(36)27(23-7-3-2-4-8-23)34-20-25(21-34)29(35)33-15-12-22(13-16-33)19-26-11-10-24-9-5-14-31-28(24)32-26/h2-4,7-8,10-11,22,25,27H,5-6,9,12-21H2,1H3,(H,31,32). The molecule has 2 saturated heterocycles. The molecule has 38 heavy (non-hydrogen) atoms. The van der Waals surface area contributed by atoms with Crippen molar-refractivity contribution < 1.29 is 19.1 Å². The summed E-state index contributed by atoms with van der Waals surface area (Å²) in [6.07, 6.45) is 5.94. The summed E-state index contributed by atoms with van der Waals surface area (Å²) in [4.78, 5) is 35.2. The smallest absolute Gasteiger partial charge is 0.328 e. The number of aryl methyl sites for hydroxylation is 1. The van der Waals surface area contributed by atoms with Gasteiger partial charge in [-0.05, 0) is 55.2 Å². The van der Waals surface area contributed by atoms with Gasteiger partial charge in [-0.25, -0.2) is 9.78 Å². The van der Waals surface area contributed by atoms with Gasteiger partial charge < -0.3 is 19.7 Å². The van der Waals surface area contributed by atoms with Crippen LogP contribution in [0.15, 0.2) is 42.5 Å². The maximum atomic E-state index is 13.3. The molecule has 8 heteroatoms. The van der Waals surface area contributed by atoms with E-state index < -0.39 is 6.04 Å². The lowest BCUT2D eigenvalue weighted by atomic mass is 9.89. The number of nitrogens with zero attached hydrogens (tertiary/aromatic N) is 3. The molecule has 1 amide bonds. The van der Waals surface area contributed by atoms with E-state index in [0.717, 1.165) is 62.4 Å². The summed E-state index contributed by atoms with van der Waals surface area (Å²) >= 11 is 0. The Morgan fingerprint density at radius 1 is 1.08 bits per heavy atom. The molecule has 8 nitrogen and oxygen atoms in total. The summed E-state index contributed by atoms with van der Waals surface area (Å²) in [6, 6.07) is 13.6. The van der Waals surface area contributed by atoms with Gasteiger partial charge in [0.15, 0.2) is 0 Å². The maximum absolute atomic E-state index is 13.3. The van der Waals surface area contributed by atoms with Crippen molar-refractivity contribution in [2.45, 2.75) is 44.6 Å². The second-order valence-electron chi connectivity index (χ2n) is 10.8. The lowest BCUT2D eigenvalue weighted by molar-refractivity contribution is -0.158. The molecule has 3 aliphatic rings. The molecule has 3 aliphatic heterocycles. The molecule has 0 aliphatic carbocycles. The van der Waals surface area contributed by atoms with Gasteiger partial charge in [0.25, 0.3) is 0 Å². The van der Waals surface area contributed by atoms with Crippen LogP contribution in [0.4, 0.5) is 5.82 Å². The second kappa shape index (κ2) is 12.7.